The fourth-order valence-corrected chi connectivity index (χ4v) is 5.17. The van der Waals surface area contributed by atoms with E-state index in [9.17, 15) is 9.59 Å². The van der Waals surface area contributed by atoms with Gasteiger partial charge in [0.2, 0.25) is 5.91 Å². The Labute approximate surface area is 158 Å². The Morgan fingerprint density at radius 1 is 0.840 bits per heavy atom. The molecule has 0 radical (unpaired) electrons. The van der Waals surface area contributed by atoms with Crippen molar-refractivity contribution < 1.29 is 9.59 Å². The Hall–Kier alpha value is -2.09. The molecule has 4 rings (SSSR count). The van der Waals surface area contributed by atoms with Crippen molar-refractivity contribution >= 4 is 63.3 Å². The molecular formula is C18H12N2O2S3. The number of nitrogens with zero attached hydrogens (tertiary/aromatic N) is 2. The van der Waals surface area contributed by atoms with E-state index < -0.39 is 0 Å². The third kappa shape index (κ3) is 2.88. The van der Waals surface area contributed by atoms with Crippen molar-refractivity contribution in [3.8, 4) is 0 Å². The molecular weight excluding hydrogens is 372 g/mol. The lowest BCUT2D eigenvalue weighted by Crippen LogP contribution is -2.29. The lowest BCUT2D eigenvalue weighted by molar-refractivity contribution is -0.115. The minimum Gasteiger partial charge on any atom is -0.273 e. The second-order valence-electron chi connectivity index (χ2n) is 5.33. The van der Waals surface area contributed by atoms with Gasteiger partial charge in [-0.15, -0.1) is 0 Å². The van der Waals surface area contributed by atoms with E-state index in [0.717, 1.165) is 11.4 Å². The number of carbonyl (C=O) groups excluding carboxylic acids is 2. The molecule has 0 aliphatic carbocycles. The summed E-state index contributed by atoms with van der Waals surface area (Å²) in [5.74, 6) is 0.107. The number of para-hydroxylation sites is 2. The molecule has 0 unspecified atom stereocenters. The van der Waals surface area contributed by atoms with Gasteiger partial charge in [0.05, 0.1) is 11.4 Å². The largest absolute Gasteiger partial charge is 0.273 e. The Bertz CT molecular complexity index is 897. The van der Waals surface area contributed by atoms with Crippen LogP contribution in [0.3, 0.4) is 0 Å². The van der Waals surface area contributed by atoms with Crippen LogP contribution in [0.1, 0.15) is 0 Å². The first-order valence-electron chi connectivity index (χ1n) is 7.53. The van der Waals surface area contributed by atoms with E-state index in [1.165, 1.54) is 28.4 Å². The van der Waals surface area contributed by atoms with E-state index in [1.54, 1.807) is 4.90 Å². The molecule has 2 heterocycles. The summed E-state index contributed by atoms with van der Waals surface area (Å²) >= 11 is 8.05. The number of rotatable bonds is 2. The first-order valence-corrected chi connectivity index (χ1v) is 9.74. The minimum absolute atomic E-state index is 0.0313. The zero-order chi connectivity index (χ0) is 17.4. The van der Waals surface area contributed by atoms with Crippen molar-refractivity contribution in [1.82, 2.24) is 0 Å². The zero-order valence-electron chi connectivity index (χ0n) is 12.9. The SMILES string of the molecule is O=C1/C(=C2\SCC(=O)N2c2ccccc2)SC(=S)N1c1ccccc1. The molecule has 2 saturated heterocycles. The molecule has 2 fully saturated rings. The summed E-state index contributed by atoms with van der Waals surface area (Å²) in [5.41, 5.74) is 1.50. The summed E-state index contributed by atoms with van der Waals surface area (Å²) in [5, 5.41) is 0.659. The quantitative estimate of drug-likeness (QED) is 0.578. The molecule has 0 atom stereocenters. The fraction of sp³-hybridized carbons (Fsp3) is 0.0556. The molecule has 2 aromatic rings. The van der Waals surface area contributed by atoms with E-state index in [0.29, 0.717) is 20.0 Å². The van der Waals surface area contributed by atoms with E-state index in [1.807, 2.05) is 60.7 Å². The van der Waals surface area contributed by atoms with Crippen LogP contribution in [0.5, 0.6) is 0 Å². The van der Waals surface area contributed by atoms with Gasteiger partial charge in [0.25, 0.3) is 5.91 Å². The van der Waals surface area contributed by atoms with Gasteiger partial charge in [0.15, 0.2) is 4.32 Å². The van der Waals surface area contributed by atoms with Gasteiger partial charge in [-0.3, -0.25) is 19.4 Å². The standard InChI is InChI=1S/C18H12N2O2S3/c21-14-11-24-17(19(14)12-7-3-1-4-8-12)15-16(22)20(18(23)25-15)13-9-5-2-6-10-13/h1-10H,11H2/b17-15+. The molecule has 4 nitrogen and oxygen atoms in total. The van der Waals surface area contributed by atoms with Gasteiger partial charge in [-0.2, -0.15) is 0 Å². The van der Waals surface area contributed by atoms with Crippen molar-refractivity contribution in [1.29, 1.82) is 0 Å². The second kappa shape index (κ2) is 6.67. The summed E-state index contributed by atoms with van der Waals surface area (Å²) in [6, 6.07) is 18.7. The van der Waals surface area contributed by atoms with Crippen molar-refractivity contribution in [2.45, 2.75) is 0 Å². The van der Waals surface area contributed by atoms with E-state index >= 15 is 0 Å². The molecule has 0 saturated carbocycles. The number of carbonyl (C=O) groups is 2. The summed E-state index contributed by atoms with van der Waals surface area (Å²) in [6.45, 7) is 0. The highest BCUT2D eigenvalue weighted by Gasteiger charge is 2.40. The third-order valence-corrected chi connectivity index (χ3v) is 6.32. The smallest absolute Gasteiger partial charge is 0.273 e. The Kier molecular flexibility index (Phi) is 4.37. The molecule has 2 aliphatic rings. The summed E-state index contributed by atoms with van der Waals surface area (Å²) < 4.78 is 0.478. The molecule has 124 valence electrons. The van der Waals surface area contributed by atoms with Gasteiger partial charge < -0.3 is 0 Å². The van der Waals surface area contributed by atoms with Crippen molar-refractivity contribution in [3.63, 3.8) is 0 Å². The topological polar surface area (TPSA) is 40.6 Å². The van der Waals surface area contributed by atoms with Gasteiger partial charge in [-0.05, 0) is 24.3 Å². The predicted molar refractivity (Wildman–Crippen MR) is 108 cm³/mol. The Balaban J connectivity index is 1.76. The highest BCUT2D eigenvalue weighted by Crippen LogP contribution is 2.44. The van der Waals surface area contributed by atoms with Crippen molar-refractivity contribution in [3.05, 3.63) is 70.6 Å². The van der Waals surface area contributed by atoms with Crippen LogP contribution in [0.15, 0.2) is 70.6 Å². The van der Waals surface area contributed by atoms with Crippen LogP contribution in [0, 0.1) is 0 Å². The number of amides is 2. The predicted octanol–water partition coefficient (Wildman–Crippen LogP) is 4.00. The number of benzene rings is 2. The van der Waals surface area contributed by atoms with Gasteiger partial charge in [0.1, 0.15) is 9.93 Å². The number of thioether (sulfide) groups is 2. The third-order valence-electron chi connectivity index (χ3n) is 3.78. The van der Waals surface area contributed by atoms with Crippen LogP contribution in [-0.4, -0.2) is 21.9 Å². The Morgan fingerprint density at radius 2 is 1.40 bits per heavy atom. The van der Waals surface area contributed by atoms with E-state index in [-0.39, 0.29) is 11.8 Å². The van der Waals surface area contributed by atoms with Gasteiger partial charge >= 0.3 is 0 Å². The first kappa shape index (κ1) is 16.4. The summed E-state index contributed by atoms with van der Waals surface area (Å²) in [4.78, 5) is 29.0. The van der Waals surface area contributed by atoms with Gasteiger partial charge in [0, 0.05) is 5.69 Å². The molecule has 0 spiro atoms. The summed E-state index contributed by atoms with van der Waals surface area (Å²) in [7, 11) is 0. The Morgan fingerprint density at radius 3 is 2.00 bits per heavy atom. The average molecular weight is 385 g/mol. The average Bonchev–Trinajstić information content (AvgIpc) is 3.16. The first-order chi connectivity index (χ1) is 12.2. The van der Waals surface area contributed by atoms with Gasteiger partial charge in [-0.25, -0.2) is 0 Å². The highest BCUT2D eigenvalue weighted by molar-refractivity contribution is 8.27. The van der Waals surface area contributed by atoms with Crippen LogP contribution < -0.4 is 9.80 Å². The fourth-order valence-electron chi connectivity index (χ4n) is 2.67. The van der Waals surface area contributed by atoms with Crippen LogP contribution in [0.25, 0.3) is 0 Å². The molecule has 0 aromatic heterocycles. The lowest BCUT2D eigenvalue weighted by Gasteiger charge is -2.18. The van der Waals surface area contributed by atoms with Crippen LogP contribution >= 0.6 is 35.7 Å². The van der Waals surface area contributed by atoms with Crippen LogP contribution in [-0.2, 0) is 9.59 Å². The van der Waals surface area contributed by atoms with E-state index in [4.69, 9.17) is 12.2 Å². The molecule has 0 bridgehead atoms. The zero-order valence-corrected chi connectivity index (χ0v) is 15.4. The lowest BCUT2D eigenvalue weighted by atomic mass is 10.3. The number of thiocarbonyl (C=S) groups is 1. The van der Waals surface area contributed by atoms with Crippen molar-refractivity contribution in [2.75, 3.05) is 15.6 Å². The second-order valence-corrected chi connectivity index (χ2v) is 7.94. The maximum atomic E-state index is 13.0. The van der Waals surface area contributed by atoms with E-state index in [2.05, 4.69) is 0 Å². The van der Waals surface area contributed by atoms with Crippen LogP contribution in [0.4, 0.5) is 11.4 Å². The molecule has 2 aliphatic heterocycles. The molecule has 25 heavy (non-hydrogen) atoms. The van der Waals surface area contributed by atoms with Crippen LogP contribution in [0.2, 0.25) is 0 Å². The van der Waals surface area contributed by atoms with Gasteiger partial charge in [-0.1, -0.05) is 72.1 Å². The minimum atomic E-state index is -0.181. The number of anilines is 2. The molecule has 0 N–H and O–H groups in total. The number of hydrogen-bond acceptors (Lipinski definition) is 5. The summed E-state index contributed by atoms with van der Waals surface area (Å²) in [6.07, 6.45) is 0. The van der Waals surface area contributed by atoms with Crippen molar-refractivity contribution in [2.24, 2.45) is 0 Å². The molecule has 7 heteroatoms. The number of hydrogen-bond donors (Lipinski definition) is 0. The maximum Gasteiger partial charge on any atom is 0.273 e. The molecule has 2 aromatic carbocycles. The monoisotopic (exact) mass is 384 g/mol. The maximum absolute atomic E-state index is 13.0. The molecule has 2 amide bonds. The highest BCUT2D eigenvalue weighted by atomic mass is 32.2. The normalized spacial score (nSPS) is 20.7.